The molecule has 2 rings (SSSR count). The maximum atomic E-state index is 11.7. The van der Waals surface area contributed by atoms with E-state index in [0.29, 0.717) is 23.4 Å². The van der Waals surface area contributed by atoms with Crippen LogP contribution in [0.2, 0.25) is 5.02 Å². The van der Waals surface area contributed by atoms with Gasteiger partial charge in [-0.25, -0.2) is 0 Å². The fraction of sp³-hybridized carbons (Fsp3) is 0.250. The third-order valence-corrected chi connectivity index (χ3v) is 3.00. The molecule has 0 bridgehead atoms. The molecule has 78 valence electrons. The Bertz CT molecular complexity index is 425. The van der Waals surface area contributed by atoms with Crippen LogP contribution >= 0.6 is 11.6 Å². The molecule has 1 aliphatic rings. The lowest BCUT2D eigenvalue weighted by Gasteiger charge is -2.28. The van der Waals surface area contributed by atoms with Gasteiger partial charge in [0.15, 0.2) is 11.4 Å². The molecule has 0 aliphatic heterocycles. The number of allylic oxidation sites excluding steroid dienone is 1. The summed E-state index contributed by atoms with van der Waals surface area (Å²) in [5.41, 5.74) is -0.936. The summed E-state index contributed by atoms with van der Waals surface area (Å²) in [6, 6.07) is 6.92. The fourth-order valence-electron chi connectivity index (χ4n) is 1.81. The molecule has 3 heteroatoms. The molecule has 1 unspecified atom stereocenters. The summed E-state index contributed by atoms with van der Waals surface area (Å²) in [4.78, 5) is 11.7. The van der Waals surface area contributed by atoms with Gasteiger partial charge in [-0.15, -0.1) is 0 Å². The highest BCUT2D eigenvalue weighted by molar-refractivity contribution is 6.31. The molecule has 1 aliphatic carbocycles. The van der Waals surface area contributed by atoms with Crippen molar-refractivity contribution in [3.05, 3.63) is 47.0 Å². The van der Waals surface area contributed by atoms with Crippen molar-refractivity contribution in [1.82, 2.24) is 0 Å². The van der Waals surface area contributed by atoms with Crippen molar-refractivity contribution in [1.29, 1.82) is 0 Å². The monoisotopic (exact) mass is 222 g/mol. The number of carbonyl (C=O) groups is 1. The third-order valence-electron chi connectivity index (χ3n) is 2.67. The number of aliphatic hydroxyl groups is 1. The lowest BCUT2D eigenvalue weighted by Crippen LogP contribution is -2.36. The molecule has 2 nitrogen and oxygen atoms in total. The summed E-state index contributed by atoms with van der Waals surface area (Å²) in [7, 11) is 0. The Morgan fingerprint density at radius 3 is 2.73 bits per heavy atom. The van der Waals surface area contributed by atoms with Crippen LogP contribution in [0.3, 0.4) is 0 Å². The van der Waals surface area contributed by atoms with E-state index in [1.165, 1.54) is 6.08 Å². The second-order valence-electron chi connectivity index (χ2n) is 3.65. The van der Waals surface area contributed by atoms with Crippen LogP contribution in [-0.4, -0.2) is 10.9 Å². The van der Waals surface area contributed by atoms with Crippen molar-refractivity contribution < 1.29 is 9.90 Å². The smallest absolute Gasteiger partial charge is 0.191 e. The number of ketones is 1. The van der Waals surface area contributed by atoms with E-state index < -0.39 is 5.60 Å². The number of carbonyl (C=O) groups excluding carboxylic acids is 1. The molecule has 0 spiro atoms. The van der Waals surface area contributed by atoms with Crippen LogP contribution in [0.5, 0.6) is 0 Å². The summed E-state index contributed by atoms with van der Waals surface area (Å²) < 4.78 is 0. The zero-order valence-electron chi connectivity index (χ0n) is 8.11. The standard InChI is InChI=1S/C12H11ClO2/c13-10-6-2-1-5-9(10)12(15)8-4-3-7-11(12)14/h1-3,5-7,15H,4,8H2. The molecule has 0 saturated heterocycles. The summed E-state index contributed by atoms with van der Waals surface area (Å²) in [6.07, 6.45) is 4.28. The molecule has 0 radical (unpaired) electrons. The summed E-state index contributed by atoms with van der Waals surface area (Å²) >= 11 is 5.98. The highest BCUT2D eigenvalue weighted by atomic mass is 35.5. The topological polar surface area (TPSA) is 37.3 Å². The van der Waals surface area contributed by atoms with Crippen LogP contribution in [0.25, 0.3) is 0 Å². The molecule has 0 fully saturated rings. The van der Waals surface area contributed by atoms with Gasteiger partial charge >= 0.3 is 0 Å². The zero-order chi connectivity index (χ0) is 10.9. The molecule has 0 heterocycles. The zero-order valence-corrected chi connectivity index (χ0v) is 8.87. The minimum Gasteiger partial charge on any atom is -0.377 e. The Kier molecular flexibility index (Phi) is 2.63. The fourth-order valence-corrected chi connectivity index (χ4v) is 2.10. The molecular formula is C12H11ClO2. The number of rotatable bonds is 1. The van der Waals surface area contributed by atoms with E-state index in [0.717, 1.165) is 0 Å². The van der Waals surface area contributed by atoms with Gasteiger partial charge in [-0.3, -0.25) is 4.79 Å². The van der Waals surface area contributed by atoms with E-state index in [1.54, 1.807) is 30.3 Å². The van der Waals surface area contributed by atoms with Crippen LogP contribution < -0.4 is 0 Å². The number of hydrogen-bond donors (Lipinski definition) is 1. The molecule has 1 atom stereocenters. The van der Waals surface area contributed by atoms with Crippen molar-refractivity contribution in [3.8, 4) is 0 Å². The van der Waals surface area contributed by atoms with Crippen molar-refractivity contribution in [2.45, 2.75) is 18.4 Å². The van der Waals surface area contributed by atoms with Gasteiger partial charge in [0.05, 0.1) is 0 Å². The molecule has 1 aromatic rings. The van der Waals surface area contributed by atoms with Gasteiger partial charge in [0.1, 0.15) is 0 Å². The Morgan fingerprint density at radius 1 is 1.33 bits per heavy atom. The lowest BCUT2D eigenvalue weighted by atomic mass is 9.82. The summed E-state index contributed by atoms with van der Waals surface area (Å²) in [6.45, 7) is 0. The minimum atomic E-state index is -1.44. The quantitative estimate of drug-likeness (QED) is 0.793. The normalized spacial score (nSPS) is 25.6. The molecule has 1 N–H and O–H groups in total. The second kappa shape index (κ2) is 3.80. The Labute approximate surface area is 93.2 Å². The minimum absolute atomic E-state index is 0.290. The van der Waals surface area contributed by atoms with Gasteiger partial charge in [-0.2, -0.15) is 0 Å². The van der Waals surface area contributed by atoms with Crippen molar-refractivity contribution in [3.63, 3.8) is 0 Å². The first-order valence-electron chi connectivity index (χ1n) is 4.83. The first-order chi connectivity index (χ1) is 7.14. The van der Waals surface area contributed by atoms with Gasteiger partial charge in [-0.1, -0.05) is 35.9 Å². The van der Waals surface area contributed by atoms with Crippen LogP contribution in [-0.2, 0) is 10.4 Å². The van der Waals surface area contributed by atoms with E-state index >= 15 is 0 Å². The van der Waals surface area contributed by atoms with E-state index in [1.807, 2.05) is 0 Å². The third kappa shape index (κ3) is 1.71. The number of benzene rings is 1. The highest BCUT2D eigenvalue weighted by Gasteiger charge is 2.38. The van der Waals surface area contributed by atoms with E-state index in [2.05, 4.69) is 0 Å². The molecule has 1 aromatic carbocycles. The summed E-state index contributed by atoms with van der Waals surface area (Å²) in [5.74, 6) is -0.290. The van der Waals surface area contributed by atoms with E-state index in [4.69, 9.17) is 11.6 Å². The molecule has 0 saturated carbocycles. The second-order valence-corrected chi connectivity index (χ2v) is 4.05. The number of halogens is 1. The van der Waals surface area contributed by atoms with Crippen molar-refractivity contribution >= 4 is 17.4 Å². The van der Waals surface area contributed by atoms with Crippen molar-refractivity contribution in [2.75, 3.05) is 0 Å². The SMILES string of the molecule is O=C1C=CCCC1(O)c1ccccc1Cl. The predicted molar refractivity (Wildman–Crippen MR) is 58.7 cm³/mol. The molecule has 15 heavy (non-hydrogen) atoms. The lowest BCUT2D eigenvalue weighted by molar-refractivity contribution is -0.134. The van der Waals surface area contributed by atoms with Crippen LogP contribution in [0.1, 0.15) is 18.4 Å². The van der Waals surface area contributed by atoms with Gasteiger partial charge in [-0.05, 0) is 25.0 Å². The Hall–Kier alpha value is -1.12. The van der Waals surface area contributed by atoms with Crippen LogP contribution in [0.4, 0.5) is 0 Å². The largest absolute Gasteiger partial charge is 0.377 e. The highest BCUT2D eigenvalue weighted by Crippen LogP contribution is 2.35. The Balaban J connectivity index is 2.50. The summed E-state index contributed by atoms with van der Waals surface area (Å²) in [5, 5.41) is 10.7. The maximum absolute atomic E-state index is 11.7. The molecular weight excluding hydrogens is 212 g/mol. The average molecular weight is 223 g/mol. The number of hydrogen-bond acceptors (Lipinski definition) is 2. The van der Waals surface area contributed by atoms with E-state index in [9.17, 15) is 9.90 Å². The van der Waals surface area contributed by atoms with Crippen LogP contribution in [0.15, 0.2) is 36.4 Å². The average Bonchev–Trinajstić information content (AvgIpc) is 2.23. The van der Waals surface area contributed by atoms with Gasteiger partial charge in [0.2, 0.25) is 0 Å². The maximum Gasteiger partial charge on any atom is 0.191 e. The van der Waals surface area contributed by atoms with Gasteiger partial charge < -0.3 is 5.11 Å². The predicted octanol–water partition coefficient (Wildman–Crippen LogP) is 2.45. The molecule has 0 amide bonds. The van der Waals surface area contributed by atoms with Gasteiger partial charge in [0.25, 0.3) is 0 Å². The van der Waals surface area contributed by atoms with Gasteiger partial charge in [0, 0.05) is 10.6 Å². The van der Waals surface area contributed by atoms with E-state index in [-0.39, 0.29) is 5.78 Å². The van der Waals surface area contributed by atoms with Crippen LogP contribution in [0, 0.1) is 0 Å². The Morgan fingerprint density at radius 2 is 2.07 bits per heavy atom. The first kappa shape index (κ1) is 10.4. The molecule has 0 aromatic heterocycles. The van der Waals surface area contributed by atoms with Crippen molar-refractivity contribution in [2.24, 2.45) is 0 Å². The first-order valence-corrected chi connectivity index (χ1v) is 5.21.